The lowest BCUT2D eigenvalue weighted by atomic mass is 10.2. The topological polar surface area (TPSA) is 68.0 Å². The van der Waals surface area contributed by atoms with Crippen LogP contribution >= 0.6 is 0 Å². The first-order valence-electron chi connectivity index (χ1n) is 4.36. The average molecular weight is 183 g/mol. The Bertz CT molecular complexity index is 306. The van der Waals surface area contributed by atoms with E-state index in [1.165, 1.54) is 0 Å². The molecule has 0 aliphatic rings. The maximum atomic E-state index is 10.7. The molecule has 1 N–H and O–H groups in total. The van der Waals surface area contributed by atoms with Gasteiger partial charge in [0.05, 0.1) is 5.69 Å². The van der Waals surface area contributed by atoms with Crippen molar-refractivity contribution in [1.82, 2.24) is 15.0 Å². The van der Waals surface area contributed by atoms with Crippen LogP contribution in [0.3, 0.4) is 0 Å². The maximum absolute atomic E-state index is 10.7. The van der Waals surface area contributed by atoms with Crippen molar-refractivity contribution < 1.29 is 9.90 Å². The number of rotatable bonds is 4. The number of hydrogen-bond acceptors (Lipinski definition) is 3. The zero-order valence-corrected chi connectivity index (χ0v) is 7.82. The van der Waals surface area contributed by atoms with Gasteiger partial charge in [-0.2, -0.15) is 0 Å². The lowest BCUT2D eigenvalue weighted by Gasteiger charge is -2.01. The highest BCUT2D eigenvalue weighted by molar-refractivity contribution is 5.86. The predicted octanol–water partition coefficient (Wildman–Crippen LogP) is 0.949. The Morgan fingerprint density at radius 3 is 2.69 bits per heavy atom. The number of aromatic carboxylic acids is 1. The molecule has 0 atom stereocenters. The highest BCUT2D eigenvalue weighted by Crippen LogP contribution is 2.06. The van der Waals surface area contributed by atoms with Gasteiger partial charge in [-0.05, 0) is 12.8 Å². The minimum Gasteiger partial charge on any atom is -0.476 e. The van der Waals surface area contributed by atoms with Crippen LogP contribution in [0.1, 0.15) is 36.5 Å². The molecule has 0 fully saturated rings. The molecule has 0 aromatic carbocycles. The van der Waals surface area contributed by atoms with Crippen molar-refractivity contribution in [3.8, 4) is 0 Å². The van der Waals surface area contributed by atoms with Gasteiger partial charge in [0, 0.05) is 6.54 Å². The number of carbonyl (C=O) groups is 1. The van der Waals surface area contributed by atoms with E-state index in [4.69, 9.17) is 5.11 Å². The number of hydrogen-bond donors (Lipinski definition) is 1. The molecule has 0 saturated carbocycles. The summed E-state index contributed by atoms with van der Waals surface area (Å²) in [6, 6.07) is 0. The second kappa shape index (κ2) is 4.02. The van der Waals surface area contributed by atoms with Gasteiger partial charge >= 0.3 is 5.97 Å². The molecule has 0 aliphatic heterocycles. The summed E-state index contributed by atoms with van der Waals surface area (Å²) in [5, 5.41) is 16.2. The van der Waals surface area contributed by atoms with Gasteiger partial charge in [-0.25, -0.2) is 9.48 Å². The third-order valence-corrected chi connectivity index (χ3v) is 1.81. The van der Waals surface area contributed by atoms with E-state index in [9.17, 15) is 4.79 Å². The number of carboxylic acid groups (broad SMARTS) is 1. The molecule has 0 radical (unpaired) electrons. The van der Waals surface area contributed by atoms with Crippen molar-refractivity contribution in [2.75, 3.05) is 0 Å². The molecule has 0 spiro atoms. The van der Waals surface area contributed by atoms with Gasteiger partial charge in [0.1, 0.15) is 0 Å². The summed E-state index contributed by atoms with van der Waals surface area (Å²) in [4.78, 5) is 10.7. The molecule has 1 aromatic rings. The fraction of sp³-hybridized carbons (Fsp3) is 0.625. The molecule has 0 saturated heterocycles. The van der Waals surface area contributed by atoms with E-state index in [2.05, 4.69) is 10.3 Å². The molecule has 1 aromatic heterocycles. The van der Waals surface area contributed by atoms with Crippen LogP contribution in [0.15, 0.2) is 0 Å². The lowest BCUT2D eigenvalue weighted by molar-refractivity contribution is 0.0689. The van der Waals surface area contributed by atoms with Gasteiger partial charge < -0.3 is 5.11 Å². The number of aromatic nitrogens is 3. The first kappa shape index (κ1) is 9.70. The fourth-order valence-electron chi connectivity index (χ4n) is 1.24. The van der Waals surface area contributed by atoms with Crippen LogP contribution in [0.4, 0.5) is 0 Å². The van der Waals surface area contributed by atoms with Gasteiger partial charge in [-0.1, -0.05) is 19.1 Å². The highest BCUT2D eigenvalue weighted by Gasteiger charge is 2.16. The second-order valence-corrected chi connectivity index (χ2v) is 2.77. The summed E-state index contributed by atoms with van der Waals surface area (Å²) in [6.45, 7) is 4.64. The van der Waals surface area contributed by atoms with Crippen LogP contribution in [-0.4, -0.2) is 26.1 Å². The highest BCUT2D eigenvalue weighted by atomic mass is 16.4. The smallest absolute Gasteiger partial charge is 0.358 e. The third-order valence-electron chi connectivity index (χ3n) is 1.81. The Balaban J connectivity index is 3.03. The van der Waals surface area contributed by atoms with Gasteiger partial charge in [-0.3, -0.25) is 0 Å². The summed E-state index contributed by atoms with van der Waals surface area (Å²) in [6.07, 6.45) is 1.57. The SMILES string of the molecule is CCCn1nnc(C(=O)O)c1CC. The van der Waals surface area contributed by atoms with Crippen molar-refractivity contribution in [1.29, 1.82) is 0 Å². The molecular formula is C8H13N3O2. The summed E-state index contributed by atoms with van der Waals surface area (Å²) < 4.78 is 1.66. The number of nitrogens with zero attached hydrogens (tertiary/aromatic N) is 3. The monoisotopic (exact) mass is 183 g/mol. The van der Waals surface area contributed by atoms with Crippen LogP contribution in [-0.2, 0) is 13.0 Å². The van der Waals surface area contributed by atoms with Crippen molar-refractivity contribution >= 4 is 5.97 Å². The minimum absolute atomic E-state index is 0.0796. The molecule has 13 heavy (non-hydrogen) atoms. The zero-order valence-electron chi connectivity index (χ0n) is 7.82. The standard InChI is InChI=1S/C8H13N3O2/c1-3-5-11-6(4-2)7(8(12)13)9-10-11/h3-5H2,1-2H3,(H,12,13). The van der Waals surface area contributed by atoms with E-state index in [0.717, 1.165) is 13.0 Å². The van der Waals surface area contributed by atoms with Crippen LogP contribution < -0.4 is 0 Å². The van der Waals surface area contributed by atoms with Crippen molar-refractivity contribution in [2.45, 2.75) is 33.2 Å². The fourth-order valence-corrected chi connectivity index (χ4v) is 1.24. The quantitative estimate of drug-likeness (QED) is 0.754. The summed E-state index contributed by atoms with van der Waals surface area (Å²) in [7, 11) is 0. The molecule has 5 heteroatoms. The Hall–Kier alpha value is -1.39. The van der Waals surface area contributed by atoms with E-state index in [1.807, 2.05) is 13.8 Å². The Morgan fingerprint density at radius 1 is 1.54 bits per heavy atom. The summed E-state index contributed by atoms with van der Waals surface area (Å²) >= 11 is 0. The predicted molar refractivity (Wildman–Crippen MR) is 46.7 cm³/mol. The Labute approximate surface area is 76.4 Å². The first-order valence-corrected chi connectivity index (χ1v) is 4.36. The van der Waals surface area contributed by atoms with Crippen molar-refractivity contribution in [3.05, 3.63) is 11.4 Å². The van der Waals surface area contributed by atoms with E-state index in [-0.39, 0.29) is 5.69 Å². The molecule has 1 rings (SSSR count). The van der Waals surface area contributed by atoms with Gasteiger partial charge in [0.2, 0.25) is 0 Å². The number of carboxylic acids is 1. The van der Waals surface area contributed by atoms with E-state index in [1.54, 1.807) is 4.68 Å². The van der Waals surface area contributed by atoms with Crippen LogP contribution in [0, 0.1) is 0 Å². The molecule has 0 bridgehead atoms. The Kier molecular flexibility index (Phi) is 3.00. The summed E-state index contributed by atoms with van der Waals surface area (Å²) in [5.41, 5.74) is 0.783. The second-order valence-electron chi connectivity index (χ2n) is 2.77. The molecule has 0 amide bonds. The van der Waals surface area contributed by atoms with Gasteiger partial charge in [-0.15, -0.1) is 5.10 Å². The summed E-state index contributed by atoms with van der Waals surface area (Å²) in [5.74, 6) is -1.00. The Morgan fingerprint density at radius 2 is 2.23 bits per heavy atom. The van der Waals surface area contributed by atoms with Gasteiger partial charge in [0.25, 0.3) is 0 Å². The largest absolute Gasteiger partial charge is 0.476 e. The van der Waals surface area contributed by atoms with E-state index >= 15 is 0 Å². The third kappa shape index (κ3) is 1.85. The molecular weight excluding hydrogens is 170 g/mol. The van der Waals surface area contributed by atoms with Crippen LogP contribution in [0.2, 0.25) is 0 Å². The van der Waals surface area contributed by atoms with Crippen LogP contribution in [0.5, 0.6) is 0 Å². The molecule has 1 heterocycles. The van der Waals surface area contributed by atoms with Gasteiger partial charge in [0.15, 0.2) is 5.69 Å². The minimum atomic E-state index is -1.00. The molecule has 0 aliphatic carbocycles. The number of aryl methyl sites for hydroxylation is 1. The molecule has 0 unspecified atom stereocenters. The normalized spacial score (nSPS) is 10.3. The van der Waals surface area contributed by atoms with Crippen molar-refractivity contribution in [2.24, 2.45) is 0 Å². The van der Waals surface area contributed by atoms with Crippen LogP contribution in [0.25, 0.3) is 0 Å². The van der Waals surface area contributed by atoms with E-state index < -0.39 is 5.97 Å². The first-order chi connectivity index (χ1) is 6.20. The average Bonchev–Trinajstić information content (AvgIpc) is 2.48. The maximum Gasteiger partial charge on any atom is 0.358 e. The van der Waals surface area contributed by atoms with E-state index in [0.29, 0.717) is 12.1 Å². The molecule has 72 valence electrons. The van der Waals surface area contributed by atoms with Crippen molar-refractivity contribution in [3.63, 3.8) is 0 Å². The molecule has 5 nitrogen and oxygen atoms in total. The lowest BCUT2D eigenvalue weighted by Crippen LogP contribution is -2.07. The zero-order chi connectivity index (χ0) is 9.84.